The number of fused-ring (bicyclic) bond motifs is 1. The quantitative estimate of drug-likeness (QED) is 0.597. The van der Waals surface area contributed by atoms with E-state index in [4.69, 9.17) is 0 Å². The first-order chi connectivity index (χ1) is 11.0. The molecule has 110 valence electrons. The minimum Gasteiger partial charge on any atom is -0.508 e. The Hall–Kier alpha value is -3.70. The molecule has 0 aromatic heterocycles. The Bertz CT molecular complexity index is 1030. The van der Waals surface area contributed by atoms with Gasteiger partial charge in [-0.15, -0.1) is 0 Å². The third-order valence-corrected chi connectivity index (χ3v) is 3.62. The summed E-state index contributed by atoms with van der Waals surface area (Å²) in [5, 5.41) is 49.2. The van der Waals surface area contributed by atoms with Crippen molar-refractivity contribution >= 4 is 10.8 Å². The zero-order chi connectivity index (χ0) is 16.6. The molecule has 5 nitrogen and oxygen atoms in total. The predicted octanol–water partition coefficient (Wildman–Crippen LogP) is 3.37. The summed E-state index contributed by atoms with van der Waals surface area (Å²) in [6, 6.07) is 14.9. The van der Waals surface area contributed by atoms with E-state index >= 15 is 0 Å². The minimum absolute atomic E-state index is 0.0926. The lowest BCUT2D eigenvalue weighted by Gasteiger charge is -2.11. The van der Waals surface area contributed by atoms with Gasteiger partial charge in [-0.05, 0) is 34.5 Å². The van der Waals surface area contributed by atoms with E-state index in [1.54, 1.807) is 30.3 Å². The van der Waals surface area contributed by atoms with Gasteiger partial charge in [0, 0.05) is 11.6 Å². The number of nitriles is 2. The fourth-order valence-corrected chi connectivity index (χ4v) is 2.54. The van der Waals surface area contributed by atoms with Crippen molar-refractivity contribution in [1.29, 1.82) is 10.5 Å². The highest BCUT2D eigenvalue weighted by Crippen LogP contribution is 2.39. The lowest BCUT2D eigenvalue weighted by Crippen LogP contribution is -1.92. The molecule has 0 spiro atoms. The first-order valence-corrected chi connectivity index (χ1v) is 6.67. The number of phenols is 3. The van der Waals surface area contributed by atoms with E-state index in [-0.39, 0.29) is 22.4 Å². The molecule has 3 aromatic rings. The summed E-state index contributed by atoms with van der Waals surface area (Å²) in [6.45, 7) is 0. The van der Waals surface area contributed by atoms with E-state index < -0.39 is 11.5 Å². The number of hydrogen-bond donors (Lipinski definition) is 3. The number of phenolic OH excluding ortho intramolecular Hbond substituents is 3. The number of benzene rings is 3. The lowest BCUT2D eigenvalue weighted by molar-refractivity contribution is 0.402. The van der Waals surface area contributed by atoms with Crippen LogP contribution in [-0.4, -0.2) is 15.3 Å². The summed E-state index contributed by atoms with van der Waals surface area (Å²) in [4.78, 5) is 0. The molecular formula is C18H10N2O3. The van der Waals surface area contributed by atoms with Gasteiger partial charge in [-0.1, -0.05) is 18.2 Å². The van der Waals surface area contributed by atoms with Crippen LogP contribution in [-0.2, 0) is 0 Å². The molecule has 0 aliphatic carbocycles. The van der Waals surface area contributed by atoms with Crippen molar-refractivity contribution in [2.75, 3.05) is 0 Å². The molecule has 3 rings (SSSR count). The second-order valence-electron chi connectivity index (χ2n) is 5.01. The predicted molar refractivity (Wildman–Crippen MR) is 83.8 cm³/mol. The molecule has 3 N–H and O–H groups in total. The Morgan fingerprint density at radius 1 is 0.783 bits per heavy atom. The highest BCUT2D eigenvalue weighted by atomic mass is 16.3. The highest BCUT2D eigenvalue weighted by molar-refractivity contribution is 5.91. The average molecular weight is 302 g/mol. The molecule has 3 aromatic carbocycles. The van der Waals surface area contributed by atoms with Gasteiger partial charge < -0.3 is 15.3 Å². The Kier molecular flexibility index (Phi) is 3.25. The minimum atomic E-state index is -0.549. The smallest absolute Gasteiger partial charge is 0.176 e. The van der Waals surface area contributed by atoms with Gasteiger partial charge in [0.15, 0.2) is 11.5 Å². The van der Waals surface area contributed by atoms with Gasteiger partial charge in [0.2, 0.25) is 0 Å². The highest BCUT2D eigenvalue weighted by Gasteiger charge is 2.19. The van der Waals surface area contributed by atoms with Crippen molar-refractivity contribution in [3.05, 3.63) is 53.6 Å². The van der Waals surface area contributed by atoms with E-state index in [2.05, 4.69) is 0 Å². The van der Waals surface area contributed by atoms with Crippen LogP contribution in [0, 0.1) is 22.7 Å². The normalized spacial score (nSPS) is 10.2. The zero-order valence-corrected chi connectivity index (χ0v) is 11.8. The Balaban J connectivity index is 2.35. The fraction of sp³-hybridized carbons (Fsp3) is 0. The summed E-state index contributed by atoms with van der Waals surface area (Å²) in [5.41, 5.74) is 0.765. The van der Waals surface area contributed by atoms with E-state index in [0.29, 0.717) is 5.56 Å². The van der Waals surface area contributed by atoms with Gasteiger partial charge >= 0.3 is 0 Å². The molecule has 0 atom stereocenters. The third kappa shape index (κ3) is 2.27. The molecule has 0 saturated heterocycles. The molecule has 0 amide bonds. The van der Waals surface area contributed by atoms with Crippen molar-refractivity contribution in [1.82, 2.24) is 0 Å². The maximum absolute atomic E-state index is 9.89. The van der Waals surface area contributed by atoms with E-state index in [9.17, 15) is 25.8 Å². The zero-order valence-electron chi connectivity index (χ0n) is 11.8. The molecule has 0 heterocycles. The van der Waals surface area contributed by atoms with Gasteiger partial charge in [0.25, 0.3) is 0 Å². The maximum Gasteiger partial charge on any atom is 0.176 e. The first kappa shape index (κ1) is 14.2. The van der Waals surface area contributed by atoms with Gasteiger partial charge in [-0.3, -0.25) is 0 Å². The van der Waals surface area contributed by atoms with Crippen LogP contribution in [0.1, 0.15) is 11.1 Å². The van der Waals surface area contributed by atoms with Gasteiger partial charge in [-0.2, -0.15) is 10.5 Å². The van der Waals surface area contributed by atoms with Crippen molar-refractivity contribution in [2.45, 2.75) is 0 Å². The Labute approximate surface area is 131 Å². The summed E-state index contributed by atoms with van der Waals surface area (Å²) in [6.07, 6.45) is 0. The topological polar surface area (TPSA) is 108 Å². The van der Waals surface area contributed by atoms with Crippen LogP contribution in [0.4, 0.5) is 0 Å². The standard InChI is InChI=1S/C18H10N2O3/c19-8-13-7-16(22)18(23)15(9-20)17(13)12-2-1-11-6-14(21)4-3-10(11)5-12/h1-7,21-23H. The first-order valence-electron chi connectivity index (χ1n) is 6.67. The van der Waals surface area contributed by atoms with Crippen LogP contribution in [0.15, 0.2) is 42.5 Å². The summed E-state index contributed by atoms with van der Waals surface area (Å²) >= 11 is 0. The van der Waals surface area contributed by atoms with Crippen molar-refractivity contribution in [3.63, 3.8) is 0 Å². The molecule has 0 bridgehead atoms. The number of rotatable bonds is 1. The summed E-state index contributed by atoms with van der Waals surface area (Å²) in [7, 11) is 0. The van der Waals surface area contributed by atoms with Crippen LogP contribution in [0.5, 0.6) is 17.2 Å². The second-order valence-corrected chi connectivity index (χ2v) is 5.01. The largest absolute Gasteiger partial charge is 0.508 e. The van der Waals surface area contributed by atoms with Crippen molar-refractivity contribution < 1.29 is 15.3 Å². The van der Waals surface area contributed by atoms with Gasteiger partial charge in [0.05, 0.1) is 11.6 Å². The molecule has 0 aliphatic rings. The van der Waals surface area contributed by atoms with Crippen LogP contribution in [0.3, 0.4) is 0 Å². The second kappa shape index (κ2) is 5.25. The molecule has 0 radical (unpaired) electrons. The monoisotopic (exact) mass is 302 g/mol. The Morgan fingerprint density at radius 3 is 2.17 bits per heavy atom. The number of aromatic hydroxyl groups is 3. The SMILES string of the molecule is N#Cc1cc(O)c(O)c(C#N)c1-c1ccc2cc(O)ccc2c1. The van der Waals surface area contributed by atoms with Crippen LogP contribution >= 0.6 is 0 Å². The van der Waals surface area contributed by atoms with E-state index in [0.717, 1.165) is 16.8 Å². The Morgan fingerprint density at radius 2 is 1.48 bits per heavy atom. The summed E-state index contributed by atoms with van der Waals surface area (Å²) in [5.74, 6) is -0.914. The van der Waals surface area contributed by atoms with E-state index in [1.807, 2.05) is 12.1 Å². The summed E-state index contributed by atoms with van der Waals surface area (Å²) < 4.78 is 0. The van der Waals surface area contributed by atoms with Gasteiger partial charge in [0.1, 0.15) is 17.4 Å². The van der Waals surface area contributed by atoms with Gasteiger partial charge in [-0.25, -0.2) is 0 Å². The molecule has 0 unspecified atom stereocenters. The molecule has 0 saturated carbocycles. The lowest BCUT2D eigenvalue weighted by atomic mass is 9.92. The van der Waals surface area contributed by atoms with Crippen molar-refractivity contribution in [2.24, 2.45) is 0 Å². The number of nitrogens with zero attached hydrogens (tertiary/aromatic N) is 2. The number of hydrogen-bond acceptors (Lipinski definition) is 5. The van der Waals surface area contributed by atoms with Crippen LogP contribution in [0.2, 0.25) is 0 Å². The molecule has 23 heavy (non-hydrogen) atoms. The van der Waals surface area contributed by atoms with Crippen LogP contribution < -0.4 is 0 Å². The third-order valence-electron chi connectivity index (χ3n) is 3.62. The molecular weight excluding hydrogens is 292 g/mol. The van der Waals surface area contributed by atoms with Crippen molar-refractivity contribution in [3.8, 4) is 40.5 Å². The molecule has 0 aliphatic heterocycles. The molecule has 5 heteroatoms. The fourth-order valence-electron chi connectivity index (χ4n) is 2.54. The average Bonchev–Trinajstić information content (AvgIpc) is 2.56. The maximum atomic E-state index is 9.89. The molecule has 0 fully saturated rings. The van der Waals surface area contributed by atoms with E-state index in [1.165, 1.54) is 6.07 Å². The van der Waals surface area contributed by atoms with Crippen LogP contribution in [0.25, 0.3) is 21.9 Å².